The number of likely N-dealkylation sites (N-methyl/N-ethyl adjacent to an activating group) is 1. The Bertz CT molecular complexity index is 831. The number of nitrogens with zero attached hydrogens (tertiary/aromatic N) is 3. The zero-order valence-electron chi connectivity index (χ0n) is 21.8. The summed E-state index contributed by atoms with van der Waals surface area (Å²) in [6.45, 7) is 14.7. The van der Waals surface area contributed by atoms with Gasteiger partial charge in [0.15, 0.2) is 0 Å². The summed E-state index contributed by atoms with van der Waals surface area (Å²) in [5.41, 5.74) is 2.18. The van der Waals surface area contributed by atoms with Crippen molar-refractivity contribution in [3.05, 3.63) is 30.1 Å². The summed E-state index contributed by atoms with van der Waals surface area (Å²) in [6.07, 6.45) is 9.52. The van der Waals surface area contributed by atoms with Crippen LogP contribution < -0.4 is 8.90 Å². The number of unbranched alkanes of at least 4 members (excludes halogenated alkanes) is 3. The maximum absolute atomic E-state index is 12.6. The van der Waals surface area contributed by atoms with Crippen LogP contribution in [0.2, 0.25) is 13.3 Å². The molecule has 0 spiro atoms. The fourth-order valence-corrected chi connectivity index (χ4v) is 20.7. The third kappa shape index (κ3) is 8.20. The first-order valence-corrected chi connectivity index (χ1v) is 20.8. The average molecular weight is 561 g/mol. The fraction of sp³-hybridized carbons (Fsp3) is 0.667. The van der Waals surface area contributed by atoms with Crippen molar-refractivity contribution in [3.8, 4) is 0 Å². The minimum atomic E-state index is -2.49. The van der Waals surface area contributed by atoms with E-state index in [1.165, 1.54) is 51.8 Å². The van der Waals surface area contributed by atoms with Crippen molar-refractivity contribution in [1.82, 2.24) is 20.2 Å². The van der Waals surface area contributed by atoms with Crippen molar-refractivity contribution in [3.63, 3.8) is 0 Å². The summed E-state index contributed by atoms with van der Waals surface area (Å²) in [4.78, 5) is 24.2. The van der Waals surface area contributed by atoms with Gasteiger partial charge in [-0.2, -0.15) is 0 Å². The van der Waals surface area contributed by atoms with Gasteiger partial charge in [0.25, 0.3) is 0 Å². The van der Waals surface area contributed by atoms with Crippen LogP contribution in [0.4, 0.5) is 0 Å². The van der Waals surface area contributed by atoms with Crippen LogP contribution in [0.5, 0.6) is 0 Å². The molecule has 184 valence electrons. The molecule has 33 heavy (non-hydrogen) atoms. The Balaban J connectivity index is 2.25. The van der Waals surface area contributed by atoms with E-state index in [0.717, 1.165) is 30.7 Å². The first-order chi connectivity index (χ1) is 16.0. The van der Waals surface area contributed by atoms with E-state index in [4.69, 9.17) is 4.98 Å². The van der Waals surface area contributed by atoms with Gasteiger partial charge in [-0.25, -0.2) is 0 Å². The molecular weight excluding hydrogens is 515 g/mol. The van der Waals surface area contributed by atoms with Crippen LogP contribution in [0.15, 0.2) is 24.4 Å². The van der Waals surface area contributed by atoms with Crippen LogP contribution >= 0.6 is 0 Å². The van der Waals surface area contributed by atoms with E-state index in [0.29, 0.717) is 12.2 Å². The normalized spacial score (nSPS) is 11.9. The summed E-state index contributed by atoms with van der Waals surface area (Å²) in [5.74, 6) is -0.136. The molecule has 0 saturated carbocycles. The first-order valence-electron chi connectivity index (χ1n) is 13.3. The average Bonchev–Trinajstić information content (AvgIpc) is 2.85. The molecule has 1 aromatic carbocycles. The second-order valence-corrected chi connectivity index (χ2v) is 22.6. The first kappa shape index (κ1) is 28.0. The molecule has 0 aliphatic rings. The van der Waals surface area contributed by atoms with Crippen molar-refractivity contribution in [2.75, 3.05) is 26.2 Å². The van der Waals surface area contributed by atoms with Gasteiger partial charge in [0.05, 0.1) is 0 Å². The number of nitrogens with one attached hydrogen (secondary N) is 1. The zero-order chi connectivity index (χ0) is 24.1. The Kier molecular flexibility index (Phi) is 12.7. The Morgan fingerprint density at radius 1 is 0.909 bits per heavy atom. The molecule has 0 bridgehead atoms. The van der Waals surface area contributed by atoms with E-state index in [-0.39, 0.29) is 5.91 Å². The Hall–Kier alpha value is -1.21. The van der Waals surface area contributed by atoms with Crippen molar-refractivity contribution >= 4 is 38.9 Å². The number of aromatic nitrogens is 2. The molecule has 0 aliphatic carbocycles. The predicted molar refractivity (Wildman–Crippen MR) is 144 cm³/mol. The SMILES string of the molecule is CCC[CH2][Sn]([CH2]CCC)([CH2]CCC)[c]1ccc2nc(C(=O)NCCN(CC)CC)cnc2c1. The number of hydrogen-bond donors (Lipinski definition) is 1. The predicted octanol–water partition coefficient (Wildman–Crippen LogP) is 5.76. The number of carbonyl (C=O) groups is 1. The molecule has 0 aliphatic heterocycles. The molecule has 0 saturated heterocycles. The Labute approximate surface area is 206 Å². The van der Waals surface area contributed by atoms with E-state index >= 15 is 0 Å². The Morgan fingerprint density at radius 3 is 2.06 bits per heavy atom. The monoisotopic (exact) mass is 562 g/mol. The van der Waals surface area contributed by atoms with Crippen LogP contribution in [0.1, 0.15) is 83.6 Å². The standard InChI is InChI=1S/C15H19N4O.3C4H9.Sn/c1-3-19(4-2)10-9-16-15(20)14-11-17-12-7-5-6-8-13(12)18-14;3*1-3-4-2;/h6-8,11H,3-4,9-10H2,1-2H3,(H,16,20);3*1,3-4H2,2H3;. The number of hydrogen-bond acceptors (Lipinski definition) is 4. The summed E-state index contributed by atoms with van der Waals surface area (Å²) in [6, 6.07) is 6.80. The fourth-order valence-electron chi connectivity index (χ4n) is 4.76. The number of fused-ring (bicyclic) bond motifs is 1. The second kappa shape index (κ2) is 14.9. The molecular formula is C27H46N4OSn. The van der Waals surface area contributed by atoms with E-state index in [1.54, 1.807) is 9.78 Å². The maximum atomic E-state index is 12.6. The molecule has 2 rings (SSSR count). The third-order valence-electron chi connectivity index (χ3n) is 7.02. The minimum absolute atomic E-state index is 0.136. The van der Waals surface area contributed by atoms with E-state index < -0.39 is 18.4 Å². The van der Waals surface area contributed by atoms with Gasteiger partial charge >= 0.3 is 193 Å². The summed E-state index contributed by atoms with van der Waals surface area (Å²) in [5, 5.41) is 3.00. The van der Waals surface area contributed by atoms with Crippen molar-refractivity contribution in [2.24, 2.45) is 0 Å². The van der Waals surface area contributed by atoms with Crippen LogP contribution in [0, 0.1) is 0 Å². The van der Waals surface area contributed by atoms with Gasteiger partial charge in [0, 0.05) is 0 Å². The molecule has 1 N–H and O–H groups in total. The van der Waals surface area contributed by atoms with E-state index in [9.17, 15) is 4.79 Å². The number of benzene rings is 1. The van der Waals surface area contributed by atoms with Gasteiger partial charge in [-0.1, -0.05) is 13.8 Å². The van der Waals surface area contributed by atoms with Crippen LogP contribution in [-0.4, -0.2) is 65.3 Å². The van der Waals surface area contributed by atoms with Crippen LogP contribution in [-0.2, 0) is 0 Å². The van der Waals surface area contributed by atoms with E-state index in [1.807, 2.05) is 0 Å². The third-order valence-corrected chi connectivity index (χ3v) is 22.6. The Morgan fingerprint density at radius 2 is 1.52 bits per heavy atom. The molecule has 0 radical (unpaired) electrons. The topological polar surface area (TPSA) is 58.1 Å². The summed E-state index contributed by atoms with van der Waals surface area (Å²) >= 11 is -2.49. The number of rotatable bonds is 16. The zero-order valence-corrected chi connectivity index (χ0v) is 24.6. The van der Waals surface area contributed by atoms with Gasteiger partial charge in [0.2, 0.25) is 0 Å². The molecule has 0 unspecified atom stereocenters. The molecule has 1 heterocycles. The van der Waals surface area contributed by atoms with Crippen molar-refractivity contribution in [1.29, 1.82) is 0 Å². The van der Waals surface area contributed by atoms with Gasteiger partial charge in [-0.05, 0) is 0 Å². The van der Waals surface area contributed by atoms with E-state index in [2.05, 4.69) is 68.0 Å². The number of carbonyl (C=O) groups excluding carboxylic acids is 1. The molecule has 0 fully saturated rings. The number of amides is 1. The van der Waals surface area contributed by atoms with Crippen LogP contribution in [0.3, 0.4) is 0 Å². The second-order valence-electron chi connectivity index (χ2n) is 9.33. The molecule has 1 amide bonds. The van der Waals surface area contributed by atoms with Crippen molar-refractivity contribution < 1.29 is 4.79 Å². The van der Waals surface area contributed by atoms with Gasteiger partial charge < -0.3 is 0 Å². The molecule has 2 aromatic rings. The molecule has 6 heteroatoms. The molecule has 0 atom stereocenters. The van der Waals surface area contributed by atoms with Crippen LogP contribution in [0.25, 0.3) is 11.0 Å². The quantitative estimate of drug-likeness (QED) is 0.265. The van der Waals surface area contributed by atoms with Gasteiger partial charge in [-0.3, -0.25) is 0 Å². The summed E-state index contributed by atoms with van der Waals surface area (Å²) in [7, 11) is 0. The van der Waals surface area contributed by atoms with Gasteiger partial charge in [-0.15, -0.1) is 0 Å². The van der Waals surface area contributed by atoms with Crippen molar-refractivity contribution in [2.45, 2.75) is 86.5 Å². The molecule has 5 nitrogen and oxygen atoms in total. The summed E-state index contributed by atoms with van der Waals surface area (Å²) < 4.78 is 5.93. The van der Waals surface area contributed by atoms with Gasteiger partial charge in [0.1, 0.15) is 0 Å². The molecule has 1 aromatic heterocycles.